The number of nitrogens with zero attached hydrogens (tertiary/aromatic N) is 1. The lowest BCUT2D eigenvalue weighted by Crippen LogP contribution is -2.50. The highest BCUT2D eigenvalue weighted by atomic mass is 16.4. The molecule has 2 aliphatic rings. The van der Waals surface area contributed by atoms with Gasteiger partial charge in [-0.25, -0.2) is 4.79 Å². The van der Waals surface area contributed by atoms with Gasteiger partial charge in [0.25, 0.3) is 0 Å². The molecule has 1 aliphatic heterocycles. The Morgan fingerprint density at radius 2 is 1.50 bits per heavy atom. The molecule has 0 aromatic carbocycles. The van der Waals surface area contributed by atoms with Gasteiger partial charge in [0.15, 0.2) is 0 Å². The molecule has 1 atom stereocenters. The first-order valence-corrected chi connectivity index (χ1v) is 7.23. The van der Waals surface area contributed by atoms with Gasteiger partial charge in [0.2, 0.25) is 5.91 Å². The number of carboxylic acids is 1. The van der Waals surface area contributed by atoms with Crippen molar-refractivity contribution in [2.24, 2.45) is 5.92 Å². The van der Waals surface area contributed by atoms with Crippen LogP contribution < -0.4 is 0 Å². The van der Waals surface area contributed by atoms with Crippen LogP contribution in [0.3, 0.4) is 0 Å². The van der Waals surface area contributed by atoms with Gasteiger partial charge in [-0.3, -0.25) is 4.79 Å². The first kappa shape index (κ1) is 13.4. The van der Waals surface area contributed by atoms with Gasteiger partial charge < -0.3 is 10.0 Å². The van der Waals surface area contributed by atoms with Crippen LogP contribution in [0.2, 0.25) is 0 Å². The molecule has 2 fully saturated rings. The fraction of sp³-hybridized carbons (Fsp3) is 0.857. The number of likely N-dealkylation sites (tertiary alicyclic amines) is 1. The molecule has 0 bridgehead atoms. The van der Waals surface area contributed by atoms with Crippen molar-refractivity contribution in [1.82, 2.24) is 4.90 Å². The minimum Gasteiger partial charge on any atom is -0.480 e. The average Bonchev–Trinajstić information content (AvgIpc) is 2.66. The maximum Gasteiger partial charge on any atom is 0.326 e. The molecule has 1 saturated carbocycles. The molecular formula is C14H23NO3. The van der Waals surface area contributed by atoms with E-state index in [0.29, 0.717) is 13.0 Å². The predicted molar refractivity (Wildman–Crippen MR) is 68.2 cm³/mol. The minimum atomic E-state index is -0.836. The van der Waals surface area contributed by atoms with E-state index in [1.165, 1.54) is 12.8 Å². The monoisotopic (exact) mass is 253 g/mol. The Bertz CT molecular complexity index is 308. The Morgan fingerprint density at radius 3 is 2.11 bits per heavy atom. The molecule has 2 rings (SSSR count). The number of carboxylic acid groups (broad SMARTS) is 1. The minimum absolute atomic E-state index is 0.0763. The molecule has 1 saturated heterocycles. The third-order valence-corrected chi connectivity index (χ3v) is 4.28. The number of carbonyl (C=O) groups excluding carboxylic acids is 1. The molecule has 18 heavy (non-hydrogen) atoms. The zero-order valence-corrected chi connectivity index (χ0v) is 10.9. The van der Waals surface area contributed by atoms with E-state index in [-0.39, 0.29) is 11.8 Å². The van der Waals surface area contributed by atoms with E-state index in [0.717, 1.165) is 38.5 Å². The summed E-state index contributed by atoms with van der Waals surface area (Å²) in [4.78, 5) is 25.4. The second-order valence-electron chi connectivity index (χ2n) is 5.57. The van der Waals surface area contributed by atoms with E-state index in [2.05, 4.69) is 0 Å². The number of aliphatic carboxylic acids is 1. The van der Waals surface area contributed by atoms with Gasteiger partial charge in [0.05, 0.1) is 0 Å². The second-order valence-corrected chi connectivity index (χ2v) is 5.57. The van der Waals surface area contributed by atoms with Crippen LogP contribution in [0, 0.1) is 5.92 Å². The molecule has 1 amide bonds. The summed E-state index contributed by atoms with van der Waals surface area (Å²) < 4.78 is 0. The molecule has 0 unspecified atom stereocenters. The Morgan fingerprint density at radius 1 is 0.889 bits per heavy atom. The number of carbonyl (C=O) groups is 2. The zero-order chi connectivity index (χ0) is 13.0. The molecule has 4 heteroatoms. The summed E-state index contributed by atoms with van der Waals surface area (Å²) in [7, 11) is 0. The number of amides is 1. The van der Waals surface area contributed by atoms with Gasteiger partial charge in [-0.15, -0.1) is 0 Å². The highest BCUT2D eigenvalue weighted by Gasteiger charge is 2.35. The lowest BCUT2D eigenvalue weighted by atomic mass is 9.95. The number of hydrogen-bond acceptors (Lipinski definition) is 2. The van der Waals surface area contributed by atoms with Crippen molar-refractivity contribution >= 4 is 11.9 Å². The van der Waals surface area contributed by atoms with Crippen molar-refractivity contribution in [3.05, 3.63) is 0 Å². The molecule has 0 spiro atoms. The summed E-state index contributed by atoms with van der Waals surface area (Å²) in [5.41, 5.74) is 0. The van der Waals surface area contributed by atoms with Crippen molar-refractivity contribution in [3.63, 3.8) is 0 Å². The Labute approximate surface area is 108 Å². The Balaban J connectivity index is 2.02. The lowest BCUT2D eigenvalue weighted by molar-refractivity contribution is -0.154. The number of hydrogen-bond donors (Lipinski definition) is 1. The first-order valence-electron chi connectivity index (χ1n) is 7.23. The van der Waals surface area contributed by atoms with E-state index >= 15 is 0 Å². The highest BCUT2D eigenvalue weighted by molar-refractivity contribution is 5.85. The molecule has 0 aromatic heterocycles. The van der Waals surface area contributed by atoms with Crippen molar-refractivity contribution in [2.75, 3.05) is 6.54 Å². The Kier molecular flexibility index (Phi) is 4.61. The van der Waals surface area contributed by atoms with E-state index in [1.54, 1.807) is 4.90 Å². The molecule has 1 heterocycles. The van der Waals surface area contributed by atoms with Crippen LogP contribution in [-0.4, -0.2) is 34.5 Å². The van der Waals surface area contributed by atoms with E-state index in [1.807, 2.05) is 0 Å². The predicted octanol–water partition coefficient (Wildman–Crippen LogP) is 2.42. The quantitative estimate of drug-likeness (QED) is 0.769. The van der Waals surface area contributed by atoms with Gasteiger partial charge in [0.1, 0.15) is 6.04 Å². The average molecular weight is 253 g/mol. The fourth-order valence-corrected chi connectivity index (χ4v) is 3.21. The van der Waals surface area contributed by atoms with Crippen LogP contribution in [0.15, 0.2) is 0 Å². The summed E-state index contributed by atoms with van der Waals surface area (Å²) >= 11 is 0. The van der Waals surface area contributed by atoms with Crippen LogP contribution >= 0.6 is 0 Å². The van der Waals surface area contributed by atoms with Crippen molar-refractivity contribution in [3.8, 4) is 0 Å². The molecule has 4 nitrogen and oxygen atoms in total. The molecule has 0 radical (unpaired) electrons. The second kappa shape index (κ2) is 6.21. The van der Waals surface area contributed by atoms with Crippen molar-refractivity contribution in [2.45, 2.75) is 63.8 Å². The molecule has 0 aromatic rings. The van der Waals surface area contributed by atoms with E-state index in [4.69, 9.17) is 0 Å². The molecule has 1 aliphatic carbocycles. The fourth-order valence-electron chi connectivity index (χ4n) is 3.21. The normalized spacial score (nSPS) is 26.7. The van der Waals surface area contributed by atoms with Crippen LogP contribution in [0.5, 0.6) is 0 Å². The van der Waals surface area contributed by atoms with E-state index in [9.17, 15) is 14.7 Å². The summed E-state index contributed by atoms with van der Waals surface area (Å²) in [6.07, 6.45) is 9.03. The van der Waals surface area contributed by atoms with Gasteiger partial charge in [-0.2, -0.15) is 0 Å². The zero-order valence-electron chi connectivity index (χ0n) is 10.9. The standard InChI is InChI=1S/C14H23NO3/c16-13(11-7-3-1-2-4-8-11)15-10-6-5-9-12(15)14(17)18/h11-12H,1-10H2,(H,17,18)/t12-/m1/s1. The molecule has 1 N–H and O–H groups in total. The summed E-state index contributed by atoms with van der Waals surface area (Å²) in [6.45, 7) is 0.631. The van der Waals surface area contributed by atoms with Crippen LogP contribution in [0.25, 0.3) is 0 Å². The summed E-state index contributed by atoms with van der Waals surface area (Å²) in [6, 6.07) is -0.575. The van der Waals surface area contributed by atoms with Gasteiger partial charge in [-0.05, 0) is 32.1 Å². The highest BCUT2D eigenvalue weighted by Crippen LogP contribution is 2.27. The number of rotatable bonds is 2. The molecule has 102 valence electrons. The summed E-state index contributed by atoms with van der Waals surface area (Å²) in [5.74, 6) is -0.659. The summed E-state index contributed by atoms with van der Waals surface area (Å²) in [5, 5.41) is 9.22. The number of piperidine rings is 1. The lowest BCUT2D eigenvalue weighted by Gasteiger charge is -2.35. The maximum absolute atomic E-state index is 12.5. The maximum atomic E-state index is 12.5. The van der Waals surface area contributed by atoms with Crippen LogP contribution in [0.4, 0.5) is 0 Å². The Hall–Kier alpha value is -1.06. The third kappa shape index (κ3) is 3.03. The smallest absolute Gasteiger partial charge is 0.326 e. The van der Waals surface area contributed by atoms with Gasteiger partial charge in [0, 0.05) is 12.5 Å². The van der Waals surface area contributed by atoms with Crippen molar-refractivity contribution < 1.29 is 14.7 Å². The SMILES string of the molecule is O=C(O)[C@H]1CCCCN1C(=O)C1CCCCCC1. The third-order valence-electron chi connectivity index (χ3n) is 4.28. The van der Waals surface area contributed by atoms with Gasteiger partial charge >= 0.3 is 5.97 Å². The van der Waals surface area contributed by atoms with E-state index < -0.39 is 12.0 Å². The molecular weight excluding hydrogens is 230 g/mol. The first-order chi connectivity index (χ1) is 8.70. The van der Waals surface area contributed by atoms with Crippen LogP contribution in [0.1, 0.15) is 57.8 Å². The van der Waals surface area contributed by atoms with Crippen molar-refractivity contribution in [1.29, 1.82) is 0 Å². The largest absolute Gasteiger partial charge is 0.480 e. The van der Waals surface area contributed by atoms with Crippen LogP contribution in [-0.2, 0) is 9.59 Å². The topological polar surface area (TPSA) is 57.6 Å². The van der Waals surface area contributed by atoms with Gasteiger partial charge in [-0.1, -0.05) is 25.7 Å².